The quantitative estimate of drug-likeness (QED) is 0.552. The van der Waals surface area contributed by atoms with Crippen molar-refractivity contribution in [1.82, 2.24) is 9.38 Å². The number of pyridine rings is 1. The Balaban J connectivity index is 0.00000120. The van der Waals surface area contributed by atoms with Crippen LogP contribution in [-0.2, 0) is 20.1 Å². The van der Waals surface area contributed by atoms with E-state index in [1.54, 1.807) is 10.6 Å². The number of nitrogens with zero attached hydrogens (tertiary/aromatic N) is 2. The van der Waals surface area contributed by atoms with Crippen molar-refractivity contribution < 1.29 is 28.9 Å². The van der Waals surface area contributed by atoms with E-state index in [4.69, 9.17) is 0 Å². The zero-order chi connectivity index (χ0) is 11.8. The van der Waals surface area contributed by atoms with Gasteiger partial charge in [-0.25, -0.2) is 0 Å². The van der Waals surface area contributed by atoms with Gasteiger partial charge in [0, 0.05) is 43.6 Å². The van der Waals surface area contributed by atoms with Gasteiger partial charge in [-0.2, -0.15) is 0 Å². The standard InChI is InChI=1S/C13H7F2N2.Ir/c14-9-4-5-10(11(15)7-9)12-8-17-6-2-1-3-13(17)16-12;/h1-4,6-8H;/q-1;. The number of hydrogen-bond acceptors (Lipinski definition) is 1. The van der Waals surface area contributed by atoms with Gasteiger partial charge in [-0.1, -0.05) is 17.7 Å². The van der Waals surface area contributed by atoms with E-state index in [1.807, 2.05) is 24.4 Å². The second-order valence-electron chi connectivity index (χ2n) is 3.63. The van der Waals surface area contributed by atoms with Crippen LogP contribution in [0.1, 0.15) is 0 Å². The number of rotatable bonds is 1. The zero-order valence-electron chi connectivity index (χ0n) is 9.03. The number of benzene rings is 1. The molecule has 18 heavy (non-hydrogen) atoms. The molecule has 0 aliphatic carbocycles. The fourth-order valence-electron chi connectivity index (χ4n) is 1.70. The molecule has 0 atom stereocenters. The molecule has 1 aromatic carbocycles. The van der Waals surface area contributed by atoms with Crippen molar-refractivity contribution in [3.63, 3.8) is 0 Å². The number of imidazole rings is 1. The Kier molecular flexibility index (Phi) is 3.55. The molecule has 2 heterocycles. The first-order valence-corrected chi connectivity index (χ1v) is 5.05. The topological polar surface area (TPSA) is 17.3 Å². The number of aromatic nitrogens is 2. The average molecular weight is 421 g/mol. The summed E-state index contributed by atoms with van der Waals surface area (Å²) in [5.74, 6) is -1.30. The summed E-state index contributed by atoms with van der Waals surface area (Å²) in [4.78, 5) is 4.24. The van der Waals surface area contributed by atoms with E-state index in [-0.39, 0.29) is 25.7 Å². The summed E-state index contributed by atoms with van der Waals surface area (Å²) in [5.41, 5.74) is 1.32. The summed E-state index contributed by atoms with van der Waals surface area (Å²) in [6, 6.07) is 9.99. The van der Waals surface area contributed by atoms with Crippen molar-refractivity contribution in [2.45, 2.75) is 0 Å². The number of hydrogen-bond donors (Lipinski definition) is 0. The maximum atomic E-state index is 13.5. The van der Waals surface area contributed by atoms with Crippen LogP contribution in [0.2, 0.25) is 0 Å². The molecule has 3 aromatic rings. The monoisotopic (exact) mass is 422 g/mol. The summed E-state index contributed by atoms with van der Waals surface area (Å²) in [6.07, 6.45) is 3.50. The third-order valence-electron chi connectivity index (χ3n) is 2.48. The largest absolute Gasteiger partial charge is 0.316 e. The maximum absolute atomic E-state index is 13.5. The van der Waals surface area contributed by atoms with E-state index >= 15 is 0 Å². The van der Waals surface area contributed by atoms with Crippen molar-refractivity contribution in [2.24, 2.45) is 0 Å². The molecule has 0 saturated heterocycles. The molecule has 2 nitrogen and oxygen atoms in total. The van der Waals surface area contributed by atoms with E-state index in [1.165, 1.54) is 0 Å². The molecule has 0 fully saturated rings. The average Bonchev–Trinajstić information content (AvgIpc) is 2.72. The van der Waals surface area contributed by atoms with Gasteiger partial charge in [0.15, 0.2) is 0 Å². The molecule has 1 radical (unpaired) electrons. The third-order valence-corrected chi connectivity index (χ3v) is 2.48. The van der Waals surface area contributed by atoms with Gasteiger partial charge in [0.2, 0.25) is 0 Å². The molecular weight excluding hydrogens is 414 g/mol. The minimum absolute atomic E-state index is 0. The van der Waals surface area contributed by atoms with Gasteiger partial charge in [0.25, 0.3) is 0 Å². The second-order valence-corrected chi connectivity index (χ2v) is 3.63. The van der Waals surface area contributed by atoms with Gasteiger partial charge in [-0.05, 0) is 18.3 Å². The zero-order valence-corrected chi connectivity index (χ0v) is 11.4. The van der Waals surface area contributed by atoms with Crippen molar-refractivity contribution in [1.29, 1.82) is 0 Å². The fourth-order valence-corrected chi connectivity index (χ4v) is 1.70. The van der Waals surface area contributed by atoms with Gasteiger partial charge in [-0.3, -0.25) is 13.8 Å². The Hall–Kier alpha value is -1.58. The number of halogens is 2. The Morgan fingerprint density at radius 3 is 2.78 bits per heavy atom. The fraction of sp³-hybridized carbons (Fsp3) is 0. The van der Waals surface area contributed by atoms with Crippen LogP contribution in [0.3, 0.4) is 0 Å². The molecule has 0 N–H and O–H groups in total. The molecule has 0 amide bonds. The maximum Gasteiger partial charge on any atom is 0.126 e. The van der Waals surface area contributed by atoms with Crippen LogP contribution in [0, 0.1) is 17.7 Å². The van der Waals surface area contributed by atoms with E-state index < -0.39 is 11.6 Å². The Morgan fingerprint density at radius 1 is 1.22 bits per heavy atom. The van der Waals surface area contributed by atoms with Gasteiger partial charge in [-0.15, -0.1) is 12.1 Å². The molecule has 0 saturated carbocycles. The Morgan fingerprint density at radius 2 is 2.06 bits per heavy atom. The van der Waals surface area contributed by atoms with Gasteiger partial charge in [0.05, 0.1) is 0 Å². The van der Waals surface area contributed by atoms with E-state index in [9.17, 15) is 8.78 Å². The van der Waals surface area contributed by atoms with Gasteiger partial charge < -0.3 is 4.40 Å². The van der Waals surface area contributed by atoms with E-state index in [2.05, 4.69) is 11.1 Å². The summed E-state index contributed by atoms with van der Waals surface area (Å²) >= 11 is 0. The smallest absolute Gasteiger partial charge is 0.126 e. The van der Waals surface area contributed by atoms with Gasteiger partial charge >= 0.3 is 0 Å². The summed E-state index contributed by atoms with van der Waals surface area (Å²) < 4.78 is 28.1. The van der Waals surface area contributed by atoms with Crippen LogP contribution in [0.5, 0.6) is 0 Å². The van der Waals surface area contributed by atoms with Crippen molar-refractivity contribution in [3.05, 3.63) is 60.4 Å². The van der Waals surface area contributed by atoms with E-state index in [0.717, 1.165) is 12.1 Å². The first-order chi connectivity index (χ1) is 8.24. The molecule has 2 aromatic heterocycles. The molecule has 0 aliphatic rings. The summed E-state index contributed by atoms with van der Waals surface area (Å²) in [6.45, 7) is 0. The first-order valence-electron chi connectivity index (χ1n) is 5.05. The SMILES string of the molecule is Fc1c[c-]c(-c2cn3ccccc3n2)c(F)c1.[Ir]. The van der Waals surface area contributed by atoms with Crippen LogP contribution in [0.4, 0.5) is 8.78 Å². The molecule has 0 bridgehead atoms. The second kappa shape index (κ2) is 4.96. The predicted octanol–water partition coefficient (Wildman–Crippen LogP) is 3.08. The molecule has 0 aliphatic heterocycles. The Labute approximate surface area is 116 Å². The third kappa shape index (κ3) is 2.19. The summed E-state index contributed by atoms with van der Waals surface area (Å²) in [7, 11) is 0. The van der Waals surface area contributed by atoms with Crippen molar-refractivity contribution in [2.75, 3.05) is 0 Å². The molecule has 93 valence electrons. The van der Waals surface area contributed by atoms with Crippen LogP contribution < -0.4 is 0 Å². The van der Waals surface area contributed by atoms with Gasteiger partial charge in [0.1, 0.15) is 5.65 Å². The summed E-state index contributed by atoms with van der Waals surface area (Å²) in [5, 5.41) is 0. The number of fused-ring (bicyclic) bond motifs is 1. The van der Waals surface area contributed by atoms with Crippen LogP contribution in [0.25, 0.3) is 16.9 Å². The molecule has 0 spiro atoms. The molecule has 3 rings (SSSR count). The minimum Gasteiger partial charge on any atom is -0.316 e. The van der Waals surface area contributed by atoms with Crippen molar-refractivity contribution in [3.8, 4) is 11.3 Å². The normalized spacial score (nSPS) is 10.3. The van der Waals surface area contributed by atoms with Crippen LogP contribution in [-0.4, -0.2) is 9.38 Å². The first kappa shape index (κ1) is 12.9. The van der Waals surface area contributed by atoms with E-state index in [0.29, 0.717) is 11.3 Å². The Bertz CT molecular complexity index is 661. The van der Waals surface area contributed by atoms with Crippen LogP contribution in [0.15, 0.2) is 42.7 Å². The molecule has 0 unspecified atom stereocenters. The van der Waals surface area contributed by atoms with Crippen LogP contribution >= 0.6 is 0 Å². The molecule has 5 heteroatoms. The predicted molar refractivity (Wildman–Crippen MR) is 59.4 cm³/mol. The molecular formula is C13H7F2IrN2-. The minimum atomic E-state index is -0.659. The van der Waals surface area contributed by atoms with Crippen molar-refractivity contribution >= 4 is 5.65 Å².